The highest BCUT2D eigenvalue weighted by Gasteiger charge is 2.59. The molecule has 0 spiro atoms. The van der Waals surface area contributed by atoms with Gasteiger partial charge in [0.15, 0.2) is 5.78 Å². The maximum Gasteiger partial charge on any atom is 0.356 e. The highest BCUT2D eigenvalue weighted by molar-refractivity contribution is 9.10. The molecule has 6 heteroatoms. The number of esters is 2. The third kappa shape index (κ3) is 4.55. The number of fused-ring (bicyclic) bond motifs is 1. The predicted octanol–water partition coefficient (Wildman–Crippen LogP) is 6.21. The summed E-state index contributed by atoms with van der Waals surface area (Å²) in [7, 11) is 0. The summed E-state index contributed by atoms with van der Waals surface area (Å²) in [5.41, 5.74) is -0.740. The van der Waals surface area contributed by atoms with Gasteiger partial charge in [-0.25, -0.2) is 9.59 Å². The average molecular weight is 521 g/mol. The number of hydrogen-bond acceptors (Lipinski definition) is 5. The Morgan fingerprint density at radius 1 is 0.941 bits per heavy atom. The molecule has 0 aromatic heterocycles. The van der Waals surface area contributed by atoms with Gasteiger partial charge in [0.1, 0.15) is 5.60 Å². The van der Waals surface area contributed by atoms with Crippen molar-refractivity contribution in [2.45, 2.75) is 44.3 Å². The molecular weight excluding hydrogens is 496 g/mol. The molecule has 1 aliphatic rings. The summed E-state index contributed by atoms with van der Waals surface area (Å²) < 4.78 is 12.6. The molecule has 2 atom stereocenters. The summed E-state index contributed by atoms with van der Waals surface area (Å²) in [5, 5.41) is 0. The predicted molar refractivity (Wildman–Crippen MR) is 132 cm³/mol. The lowest BCUT2D eigenvalue weighted by molar-refractivity contribution is -0.180. The Kier molecular flexibility index (Phi) is 6.45. The lowest BCUT2D eigenvalue weighted by atomic mass is 9.74. The molecule has 0 amide bonds. The topological polar surface area (TPSA) is 69.7 Å². The van der Waals surface area contributed by atoms with E-state index in [9.17, 15) is 14.4 Å². The number of halogens is 1. The molecule has 0 radical (unpaired) electrons. The first-order valence-corrected chi connectivity index (χ1v) is 11.8. The zero-order valence-corrected chi connectivity index (χ0v) is 20.8. The Morgan fingerprint density at radius 3 is 2.21 bits per heavy atom. The molecule has 1 aliphatic heterocycles. The van der Waals surface area contributed by atoms with Crippen LogP contribution in [0, 0.1) is 0 Å². The molecule has 0 saturated heterocycles. The zero-order valence-electron chi connectivity index (χ0n) is 19.2. The number of hydrogen-bond donors (Lipinski definition) is 0. The Labute approximate surface area is 207 Å². The van der Waals surface area contributed by atoms with Crippen molar-refractivity contribution in [1.29, 1.82) is 0 Å². The molecule has 0 saturated carbocycles. The second-order valence-electron chi connectivity index (χ2n) is 9.27. The number of benzene rings is 3. The summed E-state index contributed by atoms with van der Waals surface area (Å²) in [4.78, 5) is 40.2. The van der Waals surface area contributed by atoms with Crippen LogP contribution in [0.4, 0.5) is 0 Å². The van der Waals surface area contributed by atoms with Crippen LogP contribution in [0.15, 0.2) is 83.3 Å². The van der Waals surface area contributed by atoms with Crippen LogP contribution in [0.2, 0.25) is 0 Å². The maximum atomic E-state index is 13.9. The quantitative estimate of drug-likeness (QED) is 0.285. The Hall–Kier alpha value is -3.25. The monoisotopic (exact) mass is 520 g/mol. The fourth-order valence-corrected chi connectivity index (χ4v) is 4.53. The molecule has 3 aromatic rings. The van der Waals surface area contributed by atoms with Crippen molar-refractivity contribution in [3.8, 4) is 0 Å². The van der Waals surface area contributed by atoms with Gasteiger partial charge in [0.05, 0.1) is 5.56 Å². The minimum absolute atomic E-state index is 0.0630. The van der Waals surface area contributed by atoms with Gasteiger partial charge in [-0.05, 0) is 44.5 Å². The molecule has 0 aliphatic carbocycles. The van der Waals surface area contributed by atoms with Crippen LogP contribution in [-0.4, -0.2) is 23.3 Å². The van der Waals surface area contributed by atoms with Crippen LogP contribution in [0.3, 0.4) is 0 Å². The summed E-state index contributed by atoms with van der Waals surface area (Å²) in [6.45, 7) is 5.26. The molecule has 5 nitrogen and oxygen atoms in total. The normalized spacial score (nSPS) is 18.1. The van der Waals surface area contributed by atoms with E-state index < -0.39 is 29.1 Å². The van der Waals surface area contributed by atoms with E-state index in [0.29, 0.717) is 22.3 Å². The molecule has 1 heterocycles. The van der Waals surface area contributed by atoms with Gasteiger partial charge in [-0.15, -0.1) is 0 Å². The molecule has 4 rings (SSSR count). The minimum atomic E-state index is -1.81. The first-order chi connectivity index (χ1) is 16.1. The van der Waals surface area contributed by atoms with Crippen molar-refractivity contribution in [3.63, 3.8) is 0 Å². The van der Waals surface area contributed by atoms with Crippen LogP contribution in [0.5, 0.6) is 0 Å². The molecule has 34 heavy (non-hydrogen) atoms. The second-order valence-corrected chi connectivity index (χ2v) is 10.2. The maximum absolute atomic E-state index is 13.9. The van der Waals surface area contributed by atoms with Gasteiger partial charge in [-0.3, -0.25) is 4.79 Å². The third-order valence-electron chi connectivity index (χ3n) is 5.75. The molecule has 0 fully saturated rings. The molecule has 0 bridgehead atoms. The average Bonchev–Trinajstić information content (AvgIpc) is 3.11. The van der Waals surface area contributed by atoms with E-state index in [-0.39, 0.29) is 12.2 Å². The summed E-state index contributed by atoms with van der Waals surface area (Å²) in [6, 6.07) is 23.0. The van der Waals surface area contributed by atoms with Crippen LogP contribution >= 0.6 is 15.9 Å². The van der Waals surface area contributed by atoms with Gasteiger partial charge in [-0.1, -0.05) is 76.6 Å². The minimum Gasteiger partial charge on any atom is -0.457 e. The van der Waals surface area contributed by atoms with Gasteiger partial charge >= 0.3 is 11.9 Å². The third-order valence-corrected chi connectivity index (χ3v) is 6.28. The standard InChI is InChI=1S/C28H25BrO5/c1-27(2,3)34-26(32)28(22-12-8-7-11-21(22)25(31)33-28)23(18-13-15-20(29)16-14-18)17-24(30)19-9-5-4-6-10-19/h4-16,23H,17H2,1-3H3/t23-,28+/m1/s1. The highest BCUT2D eigenvalue weighted by Crippen LogP contribution is 2.50. The molecular formula is C28H25BrO5. The number of Topliss-reactive ketones (excluding diaryl/α,β-unsaturated/α-hetero) is 1. The fraction of sp³-hybridized carbons (Fsp3) is 0.250. The zero-order chi connectivity index (χ0) is 24.5. The van der Waals surface area contributed by atoms with E-state index >= 15 is 0 Å². The molecule has 0 unspecified atom stereocenters. The molecule has 3 aromatic carbocycles. The lowest BCUT2D eigenvalue weighted by Gasteiger charge is -2.37. The highest BCUT2D eigenvalue weighted by atomic mass is 79.9. The number of ketones is 1. The molecule has 0 N–H and O–H groups in total. The van der Waals surface area contributed by atoms with Crippen LogP contribution < -0.4 is 0 Å². The van der Waals surface area contributed by atoms with Crippen molar-refractivity contribution in [2.75, 3.05) is 0 Å². The van der Waals surface area contributed by atoms with Crippen LogP contribution in [0.1, 0.15) is 65.0 Å². The second kappa shape index (κ2) is 9.18. The van der Waals surface area contributed by atoms with Crippen molar-refractivity contribution in [3.05, 3.63) is 106 Å². The Balaban J connectivity index is 1.92. The largest absolute Gasteiger partial charge is 0.457 e. The van der Waals surface area contributed by atoms with E-state index in [1.807, 2.05) is 30.3 Å². The first kappa shape index (κ1) is 23.9. The Bertz CT molecular complexity index is 1230. The molecule has 174 valence electrons. The number of ether oxygens (including phenoxy) is 2. The van der Waals surface area contributed by atoms with Crippen molar-refractivity contribution < 1.29 is 23.9 Å². The van der Waals surface area contributed by atoms with Gasteiger partial charge < -0.3 is 9.47 Å². The summed E-state index contributed by atoms with van der Waals surface area (Å²) in [5.74, 6) is -2.30. The van der Waals surface area contributed by atoms with Gasteiger partial charge in [0, 0.05) is 27.9 Å². The van der Waals surface area contributed by atoms with E-state index in [0.717, 1.165) is 4.47 Å². The summed E-state index contributed by atoms with van der Waals surface area (Å²) >= 11 is 3.44. The van der Waals surface area contributed by atoms with E-state index in [4.69, 9.17) is 9.47 Å². The fourth-order valence-electron chi connectivity index (χ4n) is 4.27. The first-order valence-electron chi connectivity index (χ1n) is 11.0. The van der Waals surface area contributed by atoms with Crippen LogP contribution in [-0.2, 0) is 19.9 Å². The van der Waals surface area contributed by atoms with E-state index in [1.54, 1.807) is 69.3 Å². The van der Waals surface area contributed by atoms with Gasteiger partial charge in [0.2, 0.25) is 5.60 Å². The number of carbonyl (C=O) groups is 3. The van der Waals surface area contributed by atoms with Gasteiger partial charge in [-0.2, -0.15) is 0 Å². The number of carbonyl (C=O) groups excluding carboxylic acids is 3. The smallest absolute Gasteiger partial charge is 0.356 e. The lowest BCUT2D eigenvalue weighted by Crippen LogP contribution is -2.46. The van der Waals surface area contributed by atoms with Gasteiger partial charge in [0.25, 0.3) is 0 Å². The van der Waals surface area contributed by atoms with E-state index in [2.05, 4.69) is 15.9 Å². The van der Waals surface area contributed by atoms with Crippen molar-refractivity contribution in [2.24, 2.45) is 0 Å². The summed E-state index contributed by atoms with van der Waals surface area (Å²) in [6.07, 6.45) is -0.0630. The van der Waals surface area contributed by atoms with E-state index in [1.165, 1.54) is 0 Å². The van der Waals surface area contributed by atoms with Crippen molar-refractivity contribution in [1.82, 2.24) is 0 Å². The van der Waals surface area contributed by atoms with Crippen molar-refractivity contribution >= 4 is 33.7 Å². The number of rotatable bonds is 6. The van der Waals surface area contributed by atoms with Crippen LogP contribution in [0.25, 0.3) is 0 Å². The Morgan fingerprint density at radius 2 is 1.56 bits per heavy atom. The SMILES string of the molecule is CC(C)(C)OC(=O)[C@]1([C@H](CC(=O)c2ccccc2)c2ccc(Br)cc2)OC(=O)c2ccccc21. The number of cyclic esters (lactones) is 1.